The van der Waals surface area contributed by atoms with Gasteiger partial charge in [-0.25, -0.2) is 4.79 Å². The summed E-state index contributed by atoms with van der Waals surface area (Å²) in [7, 11) is 0. The van der Waals surface area contributed by atoms with Crippen LogP contribution in [0.1, 0.15) is 42.4 Å². The fourth-order valence-corrected chi connectivity index (χ4v) is 2.43. The van der Waals surface area contributed by atoms with Crippen LogP contribution in [-0.4, -0.2) is 28.6 Å². The third-order valence-corrected chi connectivity index (χ3v) is 3.50. The molecular weight excluding hydrogens is 222 g/mol. The molecule has 4 heteroatoms. The first kappa shape index (κ1) is 13.2. The summed E-state index contributed by atoms with van der Waals surface area (Å²) in [5.74, 6) is -0.815. The van der Waals surface area contributed by atoms with Crippen LogP contribution >= 0.6 is 11.3 Å². The topological polar surface area (TPSA) is 40.5 Å². The van der Waals surface area contributed by atoms with Crippen molar-refractivity contribution in [1.82, 2.24) is 4.90 Å². The Labute approximate surface area is 101 Å². The molecule has 0 atom stereocenters. The van der Waals surface area contributed by atoms with Gasteiger partial charge in [-0.3, -0.25) is 4.90 Å². The summed E-state index contributed by atoms with van der Waals surface area (Å²) >= 11 is 1.30. The van der Waals surface area contributed by atoms with Gasteiger partial charge < -0.3 is 5.11 Å². The molecule has 3 nitrogen and oxygen atoms in total. The number of aromatic carboxylic acids is 1. The average Bonchev–Trinajstić information content (AvgIpc) is 2.65. The van der Waals surface area contributed by atoms with E-state index >= 15 is 0 Å². The Balaban J connectivity index is 2.76. The molecule has 0 aliphatic carbocycles. The summed E-state index contributed by atoms with van der Waals surface area (Å²) in [6.45, 7) is 8.16. The average molecular weight is 241 g/mol. The lowest BCUT2D eigenvalue weighted by Gasteiger charge is -2.25. The molecule has 0 aromatic carbocycles. The number of thiophene rings is 1. The molecule has 0 bridgehead atoms. The molecule has 90 valence electrons. The van der Waals surface area contributed by atoms with Gasteiger partial charge in [-0.2, -0.15) is 0 Å². The highest BCUT2D eigenvalue weighted by Crippen LogP contribution is 2.19. The maximum absolute atomic E-state index is 11.0. The SMILES string of the molecule is CCCN(Cc1ccsc1C(=O)O)C(C)C. The molecule has 16 heavy (non-hydrogen) atoms. The molecule has 1 aromatic heterocycles. The van der Waals surface area contributed by atoms with E-state index in [1.54, 1.807) is 0 Å². The highest BCUT2D eigenvalue weighted by Gasteiger charge is 2.16. The van der Waals surface area contributed by atoms with Crippen LogP contribution < -0.4 is 0 Å². The second kappa shape index (κ2) is 6.01. The molecule has 1 N–H and O–H groups in total. The number of carboxylic acid groups (broad SMARTS) is 1. The number of nitrogens with zero attached hydrogens (tertiary/aromatic N) is 1. The van der Waals surface area contributed by atoms with Gasteiger partial charge in [0.1, 0.15) is 4.88 Å². The minimum absolute atomic E-state index is 0.446. The fraction of sp³-hybridized carbons (Fsp3) is 0.583. The Morgan fingerprint density at radius 1 is 1.56 bits per heavy atom. The monoisotopic (exact) mass is 241 g/mol. The summed E-state index contributed by atoms with van der Waals surface area (Å²) in [5, 5.41) is 10.9. The van der Waals surface area contributed by atoms with Crippen molar-refractivity contribution < 1.29 is 9.90 Å². The lowest BCUT2D eigenvalue weighted by molar-refractivity contribution is 0.0699. The van der Waals surface area contributed by atoms with E-state index in [4.69, 9.17) is 5.11 Å². The Morgan fingerprint density at radius 2 is 2.25 bits per heavy atom. The van der Waals surface area contributed by atoms with E-state index in [0.717, 1.165) is 25.1 Å². The van der Waals surface area contributed by atoms with Gasteiger partial charge in [0.15, 0.2) is 0 Å². The van der Waals surface area contributed by atoms with E-state index in [1.807, 2.05) is 11.4 Å². The van der Waals surface area contributed by atoms with Gasteiger partial charge in [0.05, 0.1) is 0 Å². The van der Waals surface area contributed by atoms with Crippen molar-refractivity contribution in [2.45, 2.75) is 39.8 Å². The molecule has 0 fully saturated rings. The molecule has 0 aliphatic heterocycles. The van der Waals surface area contributed by atoms with Crippen molar-refractivity contribution in [2.24, 2.45) is 0 Å². The molecule has 0 saturated heterocycles. The number of rotatable bonds is 6. The van der Waals surface area contributed by atoms with Gasteiger partial charge in [-0.05, 0) is 43.8 Å². The predicted octanol–water partition coefficient (Wildman–Crippen LogP) is 3.07. The maximum Gasteiger partial charge on any atom is 0.346 e. The highest BCUT2D eigenvalue weighted by molar-refractivity contribution is 7.12. The summed E-state index contributed by atoms with van der Waals surface area (Å²) in [6.07, 6.45) is 1.09. The second-order valence-electron chi connectivity index (χ2n) is 4.14. The molecule has 0 aliphatic rings. The molecule has 0 amide bonds. The van der Waals surface area contributed by atoms with Crippen LogP contribution in [0, 0.1) is 0 Å². The Morgan fingerprint density at radius 3 is 2.75 bits per heavy atom. The molecule has 1 aromatic rings. The first-order valence-electron chi connectivity index (χ1n) is 5.60. The van der Waals surface area contributed by atoms with Crippen molar-refractivity contribution >= 4 is 17.3 Å². The quantitative estimate of drug-likeness (QED) is 0.832. The molecule has 1 heterocycles. The van der Waals surface area contributed by atoms with Gasteiger partial charge in [0.2, 0.25) is 0 Å². The van der Waals surface area contributed by atoms with Gasteiger partial charge in [-0.1, -0.05) is 6.92 Å². The number of hydrogen-bond acceptors (Lipinski definition) is 3. The first-order chi connectivity index (χ1) is 7.56. The summed E-state index contributed by atoms with van der Waals surface area (Å²) in [5.41, 5.74) is 0.930. The summed E-state index contributed by atoms with van der Waals surface area (Å²) < 4.78 is 0. The third-order valence-electron chi connectivity index (χ3n) is 2.56. The zero-order valence-electron chi connectivity index (χ0n) is 10.1. The lowest BCUT2D eigenvalue weighted by atomic mass is 10.2. The van der Waals surface area contributed by atoms with Crippen LogP contribution in [0.25, 0.3) is 0 Å². The van der Waals surface area contributed by atoms with Crippen molar-refractivity contribution in [3.63, 3.8) is 0 Å². The minimum atomic E-state index is -0.815. The zero-order chi connectivity index (χ0) is 12.1. The molecule has 0 radical (unpaired) electrons. The van der Waals surface area contributed by atoms with Gasteiger partial charge >= 0.3 is 5.97 Å². The summed E-state index contributed by atoms with van der Waals surface area (Å²) in [6, 6.07) is 2.36. The van der Waals surface area contributed by atoms with Gasteiger partial charge in [0.25, 0.3) is 0 Å². The predicted molar refractivity (Wildman–Crippen MR) is 67.1 cm³/mol. The Bertz CT molecular complexity index is 347. The van der Waals surface area contributed by atoms with E-state index in [2.05, 4.69) is 25.7 Å². The van der Waals surface area contributed by atoms with Crippen LogP contribution in [0.2, 0.25) is 0 Å². The van der Waals surface area contributed by atoms with Crippen molar-refractivity contribution in [2.75, 3.05) is 6.54 Å². The summed E-state index contributed by atoms with van der Waals surface area (Å²) in [4.78, 5) is 13.8. The lowest BCUT2D eigenvalue weighted by Crippen LogP contribution is -2.31. The van der Waals surface area contributed by atoms with E-state index in [1.165, 1.54) is 11.3 Å². The van der Waals surface area contributed by atoms with Crippen molar-refractivity contribution in [1.29, 1.82) is 0 Å². The molecule has 0 unspecified atom stereocenters. The molecule has 1 rings (SSSR count). The number of hydrogen-bond donors (Lipinski definition) is 1. The molecule has 0 saturated carbocycles. The number of carbonyl (C=O) groups is 1. The normalized spacial score (nSPS) is 11.3. The van der Waals surface area contributed by atoms with E-state index in [0.29, 0.717) is 10.9 Å². The van der Waals surface area contributed by atoms with E-state index in [-0.39, 0.29) is 0 Å². The first-order valence-corrected chi connectivity index (χ1v) is 6.48. The largest absolute Gasteiger partial charge is 0.477 e. The van der Waals surface area contributed by atoms with Crippen LogP contribution in [0.4, 0.5) is 0 Å². The zero-order valence-corrected chi connectivity index (χ0v) is 10.9. The highest BCUT2D eigenvalue weighted by atomic mass is 32.1. The smallest absolute Gasteiger partial charge is 0.346 e. The van der Waals surface area contributed by atoms with E-state index < -0.39 is 5.97 Å². The standard InChI is InChI=1S/C12H19NO2S/c1-4-6-13(9(2)3)8-10-5-7-16-11(10)12(14)15/h5,7,9H,4,6,8H2,1-3H3,(H,14,15). The van der Waals surface area contributed by atoms with Crippen LogP contribution in [-0.2, 0) is 6.54 Å². The Kier molecular flexibility index (Phi) is 4.96. The maximum atomic E-state index is 11.0. The van der Waals surface area contributed by atoms with Gasteiger partial charge in [-0.15, -0.1) is 11.3 Å². The molecule has 0 spiro atoms. The van der Waals surface area contributed by atoms with Crippen molar-refractivity contribution in [3.05, 3.63) is 21.9 Å². The third kappa shape index (κ3) is 3.32. The number of carboxylic acids is 1. The van der Waals surface area contributed by atoms with Crippen LogP contribution in [0.15, 0.2) is 11.4 Å². The fourth-order valence-electron chi connectivity index (χ4n) is 1.67. The van der Waals surface area contributed by atoms with Crippen LogP contribution in [0.3, 0.4) is 0 Å². The van der Waals surface area contributed by atoms with Gasteiger partial charge in [0, 0.05) is 12.6 Å². The van der Waals surface area contributed by atoms with Crippen molar-refractivity contribution in [3.8, 4) is 0 Å². The van der Waals surface area contributed by atoms with E-state index in [9.17, 15) is 4.79 Å². The van der Waals surface area contributed by atoms with Crippen LogP contribution in [0.5, 0.6) is 0 Å². The second-order valence-corrected chi connectivity index (χ2v) is 5.06. The Hall–Kier alpha value is -0.870. The molecular formula is C12H19NO2S. The minimum Gasteiger partial charge on any atom is -0.477 e.